The number of nitrogens with zero attached hydrogens (tertiary/aromatic N) is 3. The maximum atomic E-state index is 4.73. The average Bonchev–Trinajstić information content (AvgIpc) is 2.84. The third kappa shape index (κ3) is 2.41. The van der Waals surface area contributed by atoms with Gasteiger partial charge in [-0.2, -0.15) is 0 Å². The molecule has 0 saturated carbocycles. The van der Waals surface area contributed by atoms with Gasteiger partial charge in [0.15, 0.2) is 0 Å². The number of piperidine rings is 1. The Morgan fingerprint density at radius 1 is 1.09 bits per heavy atom. The lowest BCUT2D eigenvalue weighted by atomic mass is 9.88. The molecule has 3 heterocycles. The minimum absolute atomic E-state index is 0.752. The number of rotatable bonds is 1. The Hall–Kier alpha value is -1.16. The summed E-state index contributed by atoms with van der Waals surface area (Å²) in [4.78, 5) is 14.6. The second kappa shape index (κ2) is 5.48. The predicted octanol–water partition coefficient (Wildman–Crippen LogP) is 4.30. The normalized spacial score (nSPS) is 28.9. The van der Waals surface area contributed by atoms with Crippen molar-refractivity contribution in [3.8, 4) is 0 Å². The van der Waals surface area contributed by atoms with Crippen LogP contribution in [0.2, 0.25) is 0 Å². The zero-order chi connectivity index (χ0) is 15.3. The predicted molar refractivity (Wildman–Crippen MR) is 93.8 cm³/mol. The average molecular weight is 315 g/mol. The van der Waals surface area contributed by atoms with Crippen LogP contribution in [-0.2, 0) is 12.8 Å². The fourth-order valence-electron chi connectivity index (χ4n) is 4.34. The summed E-state index contributed by atoms with van der Waals surface area (Å²) in [7, 11) is 0. The Labute approximate surface area is 136 Å². The SMILES string of the molecule is CC1CCc2sc3ncnc(N4CC(C)CC(C)C4)c3c2C1. The summed E-state index contributed by atoms with van der Waals surface area (Å²) in [6.45, 7) is 9.38. The van der Waals surface area contributed by atoms with Crippen molar-refractivity contribution < 1.29 is 0 Å². The monoisotopic (exact) mass is 315 g/mol. The fourth-order valence-corrected chi connectivity index (χ4v) is 5.52. The van der Waals surface area contributed by atoms with Crippen LogP contribution in [-0.4, -0.2) is 23.1 Å². The van der Waals surface area contributed by atoms with Gasteiger partial charge in [-0.15, -0.1) is 11.3 Å². The Kier molecular flexibility index (Phi) is 3.60. The van der Waals surface area contributed by atoms with Gasteiger partial charge in [-0.05, 0) is 49.0 Å². The van der Waals surface area contributed by atoms with Gasteiger partial charge < -0.3 is 4.90 Å². The van der Waals surface area contributed by atoms with E-state index in [1.54, 1.807) is 16.8 Å². The van der Waals surface area contributed by atoms with Gasteiger partial charge in [0.1, 0.15) is 17.0 Å². The molecule has 0 spiro atoms. The molecule has 0 bridgehead atoms. The highest BCUT2D eigenvalue weighted by molar-refractivity contribution is 7.19. The third-order valence-electron chi connectivity index (χ3n) is 5.24. The van der Waals surface area contributed by atoms with Crippen LogP contribution in [0.1, 0.15) is 44.1 Å². The molecule has 0 aromatic carbocycles. The number of hydrogen-bond acceptors (Lipinski definition) is 4. The van der Waals surface area contributed by atoms with E-state index in [0.717, 1.165) is 30.8 Å². The van der Waals surface area contributed by atoms with Gasteiger partial charge in [-0.25, -0.2) is 9.97 Å². The Balaban J connectivity index is 1.82. The van der Waals surface area contributed by atoms with Crippen LogP contribution in [0.4, 0.5) is 5.82 Å². The van der Waals surface area contributed by atoms with Crippen molar-refractivity contribution in [1.29, 1.82) is 0 Å². The summed E-state index contributed by atoms with van der Waals surface area (Å²) in [5.41, 5.74) is 1.56. The summed E-state index contributed by atoms with van der Waals surface area (Å²) in [6, 6.07) is 0. The molecule has 118 valence electrons. The first-order valence-corrected chi connectivity index (χ1v) is 9.43. The van der Waals surface area contributed by atoms with Crippen LogP contribution >= 0.6 is 11.3 Å². The minimum atomic E-state index is 0.752. The molecule has 1 aliphatic heterocycles. The van der Waals surface area contributed by atoms with Gasteiger partial charge in [-0.1, -0.05) is 20.8 Å². The molecular formula is C18H25N3S. The molecular weight excluding hydrogens is 290 g/mol. The lowest BCUT2D eigenvalue weighted by molar-refractivity contribution is 0.356. The number of hydrogen-bond donors (Lipinski definition) is 0. The van der Waals surface area contributed by atoms with Crippen LogP contribution in [0.25, 0.3) is 10.2 Å². The molecule has 0 amide bonds. The summed E-state index contributed by atoms with van der Waals surface area (Å²) in [6.07, 6.45) is 6.86. The smallest absolute Gasteiger partial charge is 0.141 e. The molecule has 1 fully saturated rings. The number of aromatic nitrogens is 2. The molecule has 2 aliphatic rings. The molecule has 1 aliphatic carbocycles. The Morgan fingerprint density at radius 3 is 2.64 bits per heavy atom. The van der Waals surface area contributed by atoms with Gasteiger partial charge in [0.25, 0.3) is 0 Å². The van der Waals surface area contributed by atoms with Crippen molar-refractivity contribution in [2.45, 2.75) is 46.5 Å². The first kappa shape index (κ1) is 14.4. The van der Waals surface area contributed by atoms with Crippen LogP contribution in [0, 0.1) is 17.8 Å². The van der Waals surface area contributed by atoms with Crippen molar-refractivity contribution in [1.82, 2.24) is 9.97 Å². The molecule has 4 heteroatoms. The number of thiophene rings is 1. The largest absolute Gasteiger partial charge is 0.355 e. The van der Waals surface area contributed by atoms with E-state index < -0.39 is 0 Å². The minimum Gasteiger partial charge on any atom is -0.355 e. The number of anilines is 1. The lowest BCUT2D eigenvalue weighted by Crippen LogP contribution is -2.39. The van der Waals surface area contributed by atoms with Crippen LogP contribution in [0.5, 0.6) is 0 Å². The fraction of sp³-hybridized carbons (Fsp3) is 0.667. The number of aryl methyl sites for hydroxylation is 1. The Morgan fingerprint density at radius 2 is 1.86 bits per heavy atom. The molecule has 3 nitrogen and oxygen atoms in total. The Bertz CT molecular complexity index is 683. The van der Waals surface area contributed by atoms with Gasteiger partial charge in [0.05, 0.1) is 5.39 Å². The van der Waals surface area contributed by atoms with Crippen molar-refractivity contribution in [2.75, 3.05) is 18.0 Å². The van der Waals surface area contributed by atoms with Crippen LogP contribution in [0.3, 0.4) is 0 Å². The third-order valence-corrected chi connectivity index (χ3v) is 6.44. The topological polar surface area (TPSA) is 29.0 Å². The van der Waals surface area contributed by atoms with Crippen LogP contribution in [0.15, 0.2) is 6.33 Å². The molecule has 22 heavy (non-hydrogen) atoms. The second-order valence-electron chi connectivity index (χ2n) is 7.58. The van der Waals surface area contributed by atoms with Crippen molar-refractivity contribution >= 4 is 27.4 Å². The standard InChI is InChI=1S/C18H25N3S/c1-11-4-5-15-14(7-11)16-17(19-10-20-18(16)22-15)21-8-12(2)6-13(3)9-21/h10-13H,4-9H2,1-3H3. The van der Waals surface area contributed by atoms with Crippen molar-refractivity contribution in [2.24, 2.45) is 17.8 Å². The second-order valence-corrected chi connectivity index (χ2v) is 8.66. The highest BCUT2D eigenvalue weighted by Crippen LogP contribution is 2.41. The van der Waals surface area contributed by atoms with E-state index in [4.69, 9.17) is 4.98 Å². The van der Waals surface area contributed by atoms with Crippen molar-refractivity contribution in [3.63, 3.8) is 0 Å². The quantitative estimate of drug-likeness (QED) is 0.785. The van der Waals surface area contributed by atoms with Crippen LogP contribution < -0.4 is 4.90 Å². The van der Waals surface area contributed by atoms with Crippen molar-refractivity contribution in [3.05, 3.63) is 16.8 Å². The zero-order valence-corrected chi connectivity index (χ0v) is 14.6. The molecule has 2 aromatic rings. The summed E-state index contributed by atoms with van der Waals surface area (Å²) in [5, 5.41) is 1.37. The first-order valence-electron chi connectivity index (χ1n) is 8.62. The molecule has 1 saturated heterocycles. The zero-order valence-electron chi connectivity index (χ0n) is 13.8. The van der Waals surface area contributed by atoms with E-state index in [1.807, 2.05) is 11.3 Å². The van der Waals surface area contributed by atoms with Gasteiger partial charge in [-0.3, -0.25) is 0 Å². The maximum Gasteiger partial charge on any atom is 0.141 e. The molecule has 0 radical (unpaired) electrons. The van der Waals surface area contributed by atoms with E-state index >= 15 is 0 Å². The van der Waals surface area contributed by atoms with Gasteiger partial charge in [0, 0.05) is 18.0 Å². The highest BCUT2D eigenvalue weighted by Gasteiger charge is 2.28. The molecule has 3 unspecified atom stereocenters. The summed E-state index contributed by atoms with van der Waals surface area (Å²) >= 11 is 1.90. The van der Waals surface area contributed by atoms with E-state index in [9.17, 15) is 0 Å². The highest BCUT2D eigenvalue weighted by atomic mass is 32.1. The molecule has 2 aromatic heterocycles. The van der Waals surface area contributed by atoms with E-state index in [0.29, 0.717) is 0 Å². The van der Waals surface area contributed by atoms with E-state index in [-0.39, 0.29) is 0 Å². The van der Waals surface area contributed by atoms with E-state index in [1.165, 1.54) is 41.7 Å². The lowest BCUT2D eigenvalue weighted by Gasteiger charge is -2.36. The summed E-state index contributed by atoms with van der Waals surface area (Å²) in [5.74, 6) is 3.50. The van der Waals surface area contributed by atoms with E-state index in [2.05, 4.69) is 30.7 Å². The molecule has 4 rings (SSSR count). The molecule has 3 atom stereocenters. The molecule has 0 N–H and O–H groups in total. The van der Waals surface area contributed by atoms with Gasteiger partial charge >= 0.3 is 0 Å². The first-order chi connectivity index (χ1) is 10.6. The number of fused-ring (bicyclic) bond motifs is 3. The van der Waals surface area contributed by atoms with Gasteiger partial charge in [0.2, 0.25) is 0 Å². The summed E-state index contributed by atoms with van der Waals surface area (Å²) < 4.78 is 0. The maximum absolute atomic E-state index is 4.73.